The van der Waals surface area contributed by atoms with Crippen molar-refractivity contribution in [2.45, 2.75) is 12.5 Å². The summed E-state index contributed by atoms with van der Waals surface area (Å²) >= 11 is 0. The van der Waals surface area contributed by atoms with E-state index in [0.717, 1.165) is 23.4 Å². The molecule has 0 bridgehead atoms. The molecule has 0 radical (unpaired) electrons. The van der Waals surface area contributed by atoms with Crippen LogP contribution in [-0.4, -0.2) is 47.0 Å². The molecular formula is C18H21N5O2. The molecule has 25 heavy (non-hydrogen) atoms. The van der Waals surface area contributed by atoms with E-state index in [0.29, 0.717) is 18.8 Å². The molecule has 1 atom stereocenters. The molecule has 1 amide bonds. The van der Waals surface area contributed by atoms with E-state index in [1.54, 1.807) is 17.3 Å². The van der Waals surface area contributed by atoms with Crippen molar-refractivity contribution in [2.24, 2.45) is 0 Å². The quantitative estimate of drug-likeness (QED) is 0.721. The van der Waals surface area contributed by atoms with Gasteiger partial charge in [0.15, 0.2) is 0 Å². The van der Waals surface area contributed by atoms with E-state index < -0.39 is 0 Å². The minimum Gasteiger partial charge on any atom is -0.376 e. The van der Waals surface area contributed by atoms with Crippen molar-refractivity contribution < 1.29 is 4.79 Å². The van der Waals surface area contributed by atoms with Gasteiger partial charge in [0.25, 0.3) is 5.56 Å². The lowest BCUT2D eigenvalue weighted by Crippen LogP contribution is -2.31. The number of carbonyl (C=O) groups is 1. The second-order valence-corrected chi connectivity index (χ2v) is 5.93. The first kappa shape index (κ1) is 16.8. The van der Waals surface area contributed by atoms with Crippen molar-refractivity contribution in [3.05, 3.63) is 53.6 Å². The number of carbonyl (C=O) groups excluding carboxylic acids is 1. The predicted octanol–water partition coefficient (Wildman–Crippen LogP) is 1.68. The van der Waals surface area contributed by atoms with Gasteiger partial charge in [-0.1, -0.05) is 6.58 Å². The number of amides is 1. The third-order valence-electron chi connectivity index (χ3n) is 4.29. The topological polar surface area (TPSA) is 90.1 Å². The Morgan fingerprint density at radius 2 is 2.28 bits per heavy atom. The zero-order valence-electron chi connectivity index (χ0n) is 14.1. The van der Waals surface area contributed by atoms with E-state index >= 15 is 0 Å². The molecule has 1 unspecified atom stereocenters. The summed E-state index contributed by atoms with van der Waals surface area (Å²) < 4.78 is 0. The summed E-state index contributed by atoms with van der Waals surface area (Å²) in [5.41, 5.74) is 2.16. The highest BCUT2D eigenvalue weighted by atomic mass is 16.2. The van der Waals surface area contributed by atoms with Crippen molar-refractivity contribution in [3.63, 3.8) is 0 Å². The Bertz CT molecular complexity index is 845. The summed E-state index contributed by atoms with van der Waals surface area (Å²) in [6.07, 6.45) is 5.51. The standard InChI is InChI=1S/C18H21N5O2/c1-3-17(24)23-7-5-14(11-23)22-15-8-13(10-21-18(15)25)12-4-6-20-16(9-12)19-2/h3-4,6,8-10,14,22H,1,5,7,11H2,2H3,(H,19,20)(H,21,25). The van der Waals surface area contributed by atoms with Crippen LogP contribution < -0.4 is 16.2 Å². The maximum atomic E-state index is 12.1. The van der Waals surface area contributed by atoms with Crippen molar-refractivity contribution in [1.29, 1.82) is 0 Å². The van der Waals surface area contributed by atoms with Crippen molar-refractivity contribution in [2.75, 3.05) is 30.8 Å². The average molecular weight is 339 g/mol. The maximum absolute atomic E-state index is 12.1. The fraction of sp³-hybridized carbons (Fsp3) is 0.278. The Labute approximate surface area is 145 Å². The molecule has 1 saturated heterocycles. The van der Waals surface area contributed by atoms with Crippen LogP contribution in [0, 0.1) is 0 Å². The Morgan fingerprint density at radius 1 is 1.44 bits per heavy atom. The van der Waals surface area contributed by atoms with Crippen LogP contribution in [0.2, 0.25) is 0 Å². The second-order valence-electron chi connectivity index (χ2n) is 5.93. The van der Waals surface area contributed by atoms with Gasteiger partial charge in [0, 0.05) is 44.1 Å². The van der Waals surface area contributed by atoms with Crippen LogP contribution in [0.4, 0.5) is 11.5 Å². The Balaban J connectivity index is 1.79. The highest BCUT2D eigenvalue weighted by Crippen LogP contribution is 2.22. The van der Waals surface area contributed by atoms with E-state index in [2.05, 4.69) is 27.2 Å². The van der Waals surface area contributed by atoms with E-state index in [9.17, 15) is 9.59 Å². The number of hydrogen-bond acceptors (Lipinski definition) is 5. The molecule has 3 N–H and O–H groups in total. The molecule has 0 saturated carbocycles. The van der Waals surface area contributed by atoms with Crippen LogP contribution in [0.5, 0.6) is 0 Å². The van der Waals surface area contributed by atoms with E-state index in [1.807, 2.05) is 25.2 Å². The molecule has 1 fully saturated rings. The Morgan fingerprint density at radius 3 is 3.04 bits per heavy atom. The van der Waals surface area contributed by atoms with Gasteiger partial charge in [-0.05, 0) is 36.3 Å². The monoisotopic (exact) mass is 339 g/mol. The van der Waals surface area contributed by atoms with Gasteiger partial charge in [0.2, 0.25) is 5.91 Å². The lowest BCUT2D eigenvalue weighted by molar-refractivity contribution is -0.125. The highest BCUT2D eigenvalue weighted by molar-refractivity contribution is 5.87. The van der Waals surface area contributed by atoms with Gasteiger partial charge >= 0.3 is 0 Å². The lowest BCUT2D eigenvalue weighted by atomic mass is 10.1. The number of likely N-dealkylation sites (tertiary alicyclic amines) is 1. The molecule has 1 aliphatic heterocycles. The van der Waals surface area contributed by atoms with Crippen LogP contribution in [0.15, 0.2) is 48.0 Å². The predicted molar refractivity (Wildman–Crippen MR) is 98.6 cm³/mol. The third-order valence-corrected chi connectivity index (χ3v) is 4.29. The molecule has 2 aromatic heterocycles. The lowest BCUT2D eigenvalue weighted by Gasteiger charge is -2.16. The minimum absolute atomic E-state index is 0.0468. The molecule has 2 aromatic rings. The Hall–Kier alpha value is -3.09. The first-order valence-corrected chi connectivity index (χ1v) is 8.15. The van der Waals surface area contributed by atoms with Gasteiger partial charge in [-0.15, -0.1) is 0 Å². The van der Waals surface area contributed by atoms with Crippen LogP contribution in [0.25, 0.3) is 11.1 Å². The van der Waals surface area contributed by atoms with Crippen molar-refractivity contribution >= 4 is 17.4 Å². The number of anilines is 2. The zero-order valence-corrected chi connectivity index (χ0v) is 14.1. The molecule has 3 rings (SSSR count). The van der Waals surface area contributed by atoms with Gasteiger partial charge in [-0.25, -0.2) is 4.98 Å². The van der Waals surface area contributed by atoms with E-state index in [1.165, 1.54) is 6.08 Å². The Kier molecular flexibility index (Phi) is 4.83. The number of rotatable bonds is 5. The summed E-state index contributed by atoms with van der Waals surface area (Å²) in [6, 6.07) is 5.67. The number of aromatic amines is 1. The second kappa shape index (κ2) is 7.21. The molecule has 7 heteroatoms. The van der Waals surface area contributed by atoms with Gasteiger partial charge in [0.05, 0.1) is 0 Å². The van der Waals surface area contributed by atoms with Crippen LogP contribution in [0.1, 0.15) is 6.42 Å². The van der Waals surface area contributed by atoms with Crippen molar-refractivity contribution in [1.82, 2.24) is 14.9 Å². The molecule has 0 aromatic carbocycles. The average Bonchev–Trinajstić information content (AvgIpc) is 3.11. The summed E-state index contributed by atoms with van der Waals surface area (Å²) in [6.45, 7) is 4.74. The summed E-state index contributed by atoms with van der Waals surface area (Å²) in [4.78, 5) is 32.5. The molecule has 7 nitrogen and oxygen atoms in total. The smallest absolute Gasteiger partial charge is 0.271 e. The maximum Gasteiger partial charge on any atom is 0.271 e. The first-order chi connectivity index (χ1) is 12.1. The first-order valence-electron chi connectivity index (χ1n) is 8.15. The summed E-state index contributed by atoms with van der Waals surface area (Å²) in [5, 5.41) is 6.25. The van der Waals surface area contributed by atoms with Crippen LogP contribution >= 0.6 is 0 Å². The fourth-order valence-corrected chi connectivity index (χ4v) is 2.93. The number of H-pyrrole nitrogens is 1. The van der Waals surface area contributed by atoms with Gasteiger partial charge in [0.1, 0.15) is 11.5 Å². The van der Waals surface area contributed by atoms with E-state index in [-0.39, 0.29) is 17.5 Å². The van der Waals surface area contributed by atoms with Crippen molar-refractivity contribution in [3.8, 4) is 11.1 Å². The van der Waals surface area contributed by atoms with Crippen LogP contribution in [-0.2, 0) is 4.79 Å². The molecule has 3 heterocycles. The fourth-order valence-electron chi connectivity index (χ4n) is 2.93. The van der Waals surface area contributed by atoms with Crippen LogP contribution in [0.3, 0.4) is 0 Å². The highest BCUT2D eigenvalue weighted by Gasteiger charge is 2.25. The van der Waals surface area contributed by atoms with Gasteiger partial charge in [-0.3, -0.25) is 9.59 Å². The normalized spacial score (nSPS) is 16.5. The summed E-state index contributed by atoms with van der Waals surface area (Å²) in [7, 11) is 1.81. The number of pyridine rings is 2. The molecule has 0 spiro atoms. The zero-order chi connectivity index (χ0) is 17.8. The number of hydrogen-bond donors (Lipinski definition) is 3. The number of aromatic nitrogens is 2. The SMILES string of the molecule is C=CC(=O)N1CCC(Nc2cc(-c3ccnc(NC)c3)c[nH]c2=O)C1. The molecule has 130 valence electrons. The summed E-state index contributed by atoms with van der Waals surface area (Å²) in [5.74, 6) is 0.677. The molecule has 1 aliphatic rings. The van der Waals surface area contributed by atoms with Gasteiger partial charge < -0.3 is 20.5 Å². The molecule has 0 aliphatic carbocycles. The van der Waals surface area contributed by atoms with E-state index in [4.69, 9.17) is 0 Å². The third kappa shape index (κ3) is 3.71. The number of nitrogens with zero attached hydrogens (tertiary/aromatic N) is 2. The van der Waals surface area contributed by atoms with Gasteiger partial charge in [-0.2, -0.15) is 0 Å². The molecular weight excluding hydrogens is 318 g/mol. The number of nitrogens with one attached hydrogen (secondary N) is 3. The largest absolute Gasteiger partial charge is 0.376 e. The minimum atomic E-state index is -0.180.